The molecule has 0 spiro atoms. The molecule has 0 aliphatic heterocycles. The minimum Gasteiger partial charge on any atom is -0.481 e. The Morgan fingerprint density at radius 3 is 2.50 bits per heavy atom. The van der Waals surface area contributed by atoms with Crippen LogP contribution in [0.5, 0.6) is 5.75 Å². The molecule has 0 amide bonds. The Morgan fingerprint density at radius 2 is 1.92 bits per heavy atom. The second-order valence-electron chi connectivity index (χ2n) is 4.74. The fraction of sp³-hybridized carbons (Fsp3) is 0.0556. The molecule has 5 nitrogen and oxygen atoms in total. The van der Waals surface area contributed by atoms with Crippen molar-refractivity contribution in [1.82, 2.24) is 0 Å². The predicted octanol–water partition coefficient (Wildman–Crippen LogP) is 3.70. The van der Waals surface area contributed by atoms with Gasteiger partial charge in [0.25, 0.3) is 0 Å². The molecule has 0 fully saturated rings. The largest absolute Gasteiger partial charge is 0.481 e. The van der Waals surface area contributed by atoms with E-state index >= 15 is 0 Å². The molecule has 2 aromatic carbocycles. The van der Waals surface area contributed by atoms with Crippen molar-refractivity contribution in [3.05, 3.63) is 69.7 Å². The maximum absolute atomic E-state index is 12.3. The first-order chi connectivity index (χ1) is 11.5. The molecule has 0 saturated heterocycles. The molecule has 0 unspecified atom stereocenters. The zero-order valence-corrected chi connectivity index (χ0v) is 14.0. The van der Waals surface area contributed by atoms with Crippen LogP contribution in [0.3, 0.4) is 0 Å². The fourth-order valence-corrected chi connectivity index (χ4v) is 2.43. The van der Waals surface area contributed by atoms with Gasteiger partial charge in [-0.15, -0.1) is 0 Å². The number of allylic oxidation sites excluding steroid dienone is 1. The standard InChI is InChI=1S/C18H12BrNO4/c19-15-9-12(6-7-16(15)24-11-17(21)22)8-14(10-20)18(23)13-4-2-1-3-5-13/h1-9H,11H2,(H,21,22)/b14-8-. The van der Waals surface area contributed by atoms with Gasteiger partial charge in [0.1, 0.15) is 17.4 Å². The molecule has 24 heavy (non-hydrogen) atoms. The number of carboxylic acids is 1. The molecule has 0 bridgehead atoms. The number of carbonyl (C=O) groups is 2. The number of nitrogens with zero attached hydrogens (tertiary/aromatic N) is 1. The second-order valence-corrected chi connectivity index (χ2v) is 5.59. The lowest BCUT2D eigenvalue weighted by Crippen LogP contribution is -2.09. The number of aliphatic carboxylic acids is 1. The van der Waals surface area contributed by atoms with Gasteiger partial charge in [0.15, 0.2) is 6.61 Å². The molecule has 6 heteroatoms. The normalized spacial score (nSPS) is 10.8. The van der Waals surface area contributed by atoms with Gasteiger partial charge in [-0.2, -0.15) is 5.26 Å². The van der Waals surface area contributed by atoms with E-state index < -0.39 is 12.6 Å². The number of carbonyl (C=O) groups excluding carboxylic acids is 1. The summed E-state index contributed by atoms with van der Waals surface area (Å²) in [5.41, 5.74) is 1.06. The highest BCUT2D eigenvalue weighted by Crippen LogP contribution is 2.27. The molecular weight excluding hydrogens is 374 g/mol. The summed E-state index contributed by atoms with van der Waals surface area (Å²) in [6, 6.07) is 15.3. The van der Waals surface area contributed by atoms with E-state index in [2.05, 4.69) is 15.9 Å². The molecule has 1 N–H and O–H groups in total. The van der Waals surface area contributed by atoms with Gasteiger partial charge in [-0.05, 0) is 39.7 Å². The van der Waals surface area contributed by atoms with Crippen molar-refractivity contribution in [2.75, 3.05) is 6.61 Å². The van der Waals surface area contributed by atoms with E-state index in [4.69, 9.17) is 9.84 Å². The monoisotopic (exact) mass is 385 g/mol. The number of rotatable bonds is 6. The third-order valence-corrected chi connectivity index (χ3v) is 3.64. The van der Waals surface area contributed by atoms with E-state index in [1.807, 2.05) is 6.07 Å². The molecule has 0 aliphatic rings. The van der Waals surface area contributed by atoms with Crippen molar-refractivity contribution in [3.8, 4) is 11.8 Å². The van der Waals surface area contributed by atoms with Crippen molar-refractivity contribution in [3.63, 3.8) is 0 Å². The molecule has 0 aromatic heterocycles. The summed E-state index contributed by atoms with van der Waals surface area (Å²) in [5.74, 6) is -1.08. The van der Waals surface area contributed by atoms with Crippen LogP contribution in [-0.4, -0.2) is 23.5 Å². The maximum atomic E-state index is 12.3. The fourth-order valence-electron chi connectivity index (χ4n) is 1.92. The highest BCUT2D eigenvalue weighted by Gasteiger charge is 2.12. The van der Waals surface area contributed by atoms with Crippen LogP contribution in [0.15, 0.2) is 58.6 Å². The van der Waals surface area contributed by atoms with Crippen molar-refractivity contribution < 1.29 is 19.4 Å². The van der Waals surface area contributed by atoms with E-state index in [0.717, 1.165) is 0 Å². The average molecular weight is 386 g/mol. The lowest BCUT2D eigenvalue weighted by atomic mass is 10.0. The van der Waals surface area contributed by atoms with Crippen molar-refractivity contribution >= 4 is 33.8 Å². The van der Waals surface area contributed by atoms with Gasteiger partial charge in [0, 0.05) is 5.56 Å². The van der Waals surface area contributed by atoms with Crippen molar-refractivity contribution in [2.24, 2.45) is 0 Å². The van der Waals surface area contributed by atoms with Crippen LogP contribution in [0.2, 0.25) is 0 Å². The first kappa shape index (κ1) is 17.4. The van der Waals surface area contributed by atoms with Crippen LogP contribution >= 0.6 is 15.9 Å². The molecular formula is C18H12BrNO4. The summed E-state index contributed by atoms with van der Waals surface area (Å²) >= 11 is 3.28. The first-order valence-corrected chi connectivity index (χ1v) is 7.66. The molecule has 2 aromatic rings. The van der Waals surface area contributed by atoms with Crippen molar-refractivity contribution in [1.29, 1.82) is 5.26 Å². The molecule has 0 atom stereocenters. The lowest BCUT2D eigenvalue weighted by molar-refractivity contribution is -0.139. The molecule has 120 valence electrons. The minimum absolute atomic E-state index is 0.00676. The smallest absolute Gasteiger partial charge is 0.341 e. The van der Waals surface area contributed by atoms with Gasteiger partial charge in [0.05, 0.1) is 4.47 Å². The summed E-state index contributed by atoms with van der Waals surface area (Å²) in [6.07, 6.45) is 1.47. The van der Waals surface area contributed by atoms with Crippen LogP contribution in [0.1, 0.15) is 15.9 Å². The van der Waals surface area contributed by atoms with Crippen LogP contribution in [-0.2, 0) is 4.79 Å². The molecule has 2 rings (SSSR count). The number of hydrogen-bond acceptors (Lipinski definition) is 4. The average Bonchev–Trinajstić information content (AvgIpc) is 2.59. The van der Waals surface area contributed by atoms with Gasteiger partial charge in [0.2, 0.25) is 5.78 Å². The number of benzene rings is 2. The number of nitriles is 1. The second kappa shape index (κ2) is 8.09. The zero-order chi connectivity index (χ0) is 17.5. The quantitative estimate of drug-likeness (QED) is 0.465. The zero-order valence-electron chi connectivity index (χ0n) is 12.4. The van der Waals surface area contributed by atoms with Gasteiger partial charge in [-0.3, -0.25) is 4.79 Å². The van der Waals surface area contributed by atoms with Gasteiger partial charge in [-0.1, -0.05) is 36.4 Å². The summed E-state index contributed by atoms with van der Waals surface area (Å²) in [4.78, 5) is 22.8. The third kappa shape index (κ3) is 4.54. The number of halogens is 1. The Hall–Kier alpha value is -2.91. The van der Waals surface area contributed by atoms with Crippen LogP contribution in [0.4, 0.5) is 0 Å². The number of carboxylic acid groups (broad SMARTS) is 1. The molecule has 0 aliphatic carbocycles. The summed E-state index contributed by atoms with van der Waals surface area (Å²) in [5, 5.41) is 17.9. The van der Waals surface area contributed by atoms with E-state index in [9.17, 15) is 14.9 Å². The first-order valence-electron chi connectivity index (χ1n) is 6.87. The van der Waals surface area contributed by atoms with Crippen LogP contribution < -0.4 is 4.74 Å². The highest BCUT2D eigenvalue weighted by molar-refractivity contribution is 9.10. The number of ketones is 1. The maximum Gasteiger partial charge on any atom is 0.341 e. The Balaban J connectivity index is 2.25. The highest BCUT2D eigenvalue weighted by atomic mass is 79.9. The molecule has 0 heterocycles. The van der Waals surface area contributed by atoms with Gasteiger partial charge < -0.3 is 9.84 Å². The lowest BCUT2D eigenvalue weighted by Gasteiger charge is -2.06. The van der Waals surface area contributed by atoms with Crippen LogP contribution in [0.25, 0.3) is 6.08 Å². The van der Waals surface area contributed by atoms with E-state index in [-0.39, 0.29) is 11.4 Å². The minimum atomic E-state index is -1.08. The predicted molar refractivity (Wildman–Crippen MR) is 91.6 cm³/mol. The Morgan fingerprint density at radius 1 is 1.21 bits per heavy atom. The molecule has 0 radical (unpaired) electrons. The van der Waals surface area contributed by atoms with Crippen molar-refractivity contribution in [2.45, 2.75) is 0 Å². The number of Topliss-reactive ketones (excluding diaryl/α,β-unsaturated/α-hetero) is 1. The van der Waals surface area contributed by atoms with Gasteiger partial charge >= 0.3 is 5.97 Å². The Labute approximate surface area is 146 Å². The topological polar surface area (TPSA) is 87.4 Å². The van der Waals surface area contributed by atoms with E-state index in [1.54, 1.807) is 48.5 Å². The Kier molecular flexibility index (Phi) is 5.88. The third-order valence-electron chi connectivity index (χ3n) is 3.02. The van der Waals surface area contributed by atoms with E-state index in [0.29, 0.717) is 21.3 Å². The summed E-state index contributed by atoms with van der Waals surface area (Å²) in [6.45, 7) is -0.455. The van der Waals surface area contributed by atoms with E-state index in [1.165, 1.54) is 6.08 Å². The number of ether oxygens (including phenoxy) is 1. The summed E-state index contributed by atoms with van der Waals surface area (Å²) < 4.78 is 5.63. The van der Waals surface area contributed by atoms with Gasteiger partial charge in [-0.25, -0.2) is 4.79 Å². The summed E-state index contributed by atoms with van der Waals surface area (Å²) in [7, 11) is 0. The van der Waals surface area contributed by atoms with Crippen LogP contribution in [0, 0.1) is 11.3 Å². The molecule has 0 saturated carbocycles. The Bertz CT molecular complexity index is 838. The SMILES string of the molecule is N#C/C(=C/c1ccc(OCC(=O)O)c(Br)c1)C(=O)c1ccccc1. The number of hydrogen-bond donors (Lipinski definition) is 1.